The largest absolute Gasteiger partial charge is 0.474 e. The van der Waals surface area contributed by atoms with Crippen molar-refractivity contribution in [1.82, 2.24) is 19.9 Å². The average molecular weight is 519 g/mol. The maximum Gasteiger partial charge on any atom is 0.340 e. The van der Waals surface area contributed by atoms with Crippen LogP contribution in [-0.4, -0.2) is 58.0 Å². The van der Waals surface area contributed by atoms with Gasteiger partial charge in [-0.3, -0.25) is 4.79 Å². The summed E-state index contributed by atoms with van der Waals surface area (Å²) in [5.41, 5.74) is 7.88. The summed E-state index contributed by atoms with van der Waals surface area (Å²) < 4.78 is 11.6. The van der Waals surface area contributed by atoms with Gasteiger partial charge in [-0.05, 0) is 62.8 Å². The van der Waals surface area contributed by atoms with Gasteiger partial charge in [0.25, 0.3) is 0 Å². The molecule has 1 aliphatic carbocycles. The third-order valence-corrected chi connectivity index (χ3v) is 7.42. The van der Waals surface area contributed by atoms with Gasteiger partial charge in [0.2, 0.25) is 11.8 Å². The van der Waals surface area contributed by atoms with Gasteiger partial charge in [-0.15, -0.1) is 0 Å². The summed E-state index contributed by atoms with van der Waals surface area (Å²) in [5.74, 6) is 1.35. The van der Waals surface area contributed by atoms with E-state index in [-0.39, 0.29) is 35.9 Å². The number of nitrogens with zero attached hydrogens (tertiary/aromatic N) is 4. The number of carbonyl (C=O) groups excluding carboxylic acids is 2. The number of cyclic esters (lactones) is 1. The highest BCUT2D eigenvalue weighted by molar-refractivity contribution is 5.93. The van der Waals surface area contributed by atoms with E-state index in [0.717, 1.165) is 16.3 Å². The van der Waals surface area contributed by atoms with Crippen LogP contribution < -0.4 is 15.8 Å². The molecule has 1 saturated carbocycles. The molecular formula is C28H34N6O4. The number of carbonyl (C=O) groups is 2. The molecule has 1 amide bonds. The van der Waals surface area contributed by atoms with Gasteiger partial charge in [0.05, 0.1) is 16.6 Å². The molecule has 200 valence electrons. The summed E-state index contributed by atoms with van der Waals surface area (Å²) in [6, 6.07) is 5.38. The number of rotatable bonds is 6. The zero-order valence-electron chi connectivity index (χ0n) is 22.6. The fraction of sp³-hybridized carbons (Fsp3) is 0.464. The lowest BCUT2D eigenvalue weighted by molar-refractivity contribution is -0.138. The fourth-order valence-corrected chi connectivity index (χ4v) is 4.93. The lowest BCUT2D eigenvalue weighted by atomic mass is 9.81. The van der Waals surface area contributed by atoms with Crippen LogP contribution in [0.2, 0.25) is 0 Å². The lowest BCUT2D eigenvalue weighted by Crippen LogP contribution is -2.43. The van der Waals surface area contributed by atoms with Gasteiger partial charge in [0.15, 0.2) is 0 Å². The van der Waals surface area contributed by atoms with Crippen LogP contribution in [0, 0.1) is 5.92 Å². The van der Waals surface area contributed by atoms with Crippen LogP contribution in [0.1, 0.15) is 68.1 Å². The van der Waals surface area contributed by atoms with Crippen molar-refractivity contribution in [3.8, 4) is 5.88 Å². The summed E-state index contributed by atoms with van der Waals surface area (Å²) in [6.07, 6.45) is 4.46. The third kappa shape index (κ3) is 4.76. The van der Waals surface area contributed by atoms with Crippen LogP contribution >= 0.6 is 0 Å². The van der Waals surface area contributed by atoms with Crippen LogP contribution in [0.15, 0.2) is 30.6 Å². The number of nitrogens with two attached hydrogens (primary N) is 1. The minimum absolute atomic E-state index is 0.0193. The van der Waals surface area contributed by atoms with Crippen LogP contribution in [0.5, 0.6) is 5.88 Å². The molecule has 0 aromatic carbocycles. The molecule has 38 heavy (non-hydrogen) atoms. The first-order chi connectivity index (χ1) is 17.9. The van der Waals surface area contributed by atoms with Crippen molar-refractivity contribution in [3.05, 3.63) is 47.4 Å². The third-order valence-electron chi connectivity index (χ3n) is 7.42. The number of aromatic nitrogens is 3. The Kier molecular flexibility index (Phi) is 6.46. The van der Waals surface area contributed by atoms with Gasteiger partial charge < -0.3 is 25.4 Å². The second-order valence-corrected chi connectivity index (χ2v) is 11.1. The molecule has 4 heterocycles. The molecule has 3 aromatic heterocycles. The highest BCUT2D eigenvalue weighted by Gasteiger charge is 2.37. The van der Waals surface area contributed by atoms with E-state index in [1.165, 1.54) is 0 Å². The highest BCUT2D eigenvalue weighted by Crippen LogP contribution is 2.37. The van der Waals surface area contributed by atoms with E-state index in [0.29, 0.717) is 41.6 Å². The fourth-order valence-electron chi connectivity index (χ4n) is 4.93. The van der Waals surface area contributed by atoms with Crippen molar-refractivity contribution in [1.29, 1.82) is 0 Å². The van der Waals surface area contributed by atoms with E-state index in [9.17, 15) is 9.59 Å². The lowest BCUT2D eigenvalue weighted by Gasteiger charge is -2.35. The molecule has 0 bridgehead atoms. The number of nitrogens with one attached hydrogen (secondary N) is 1. The quantitative estimate of drug-likeness (QED) is 0.467. The van der Waals surface area contributed by atoms with E-state index in [4.69, 9.17) is 20.2 Å². The number of ether oxygens (including phenoxy) is 2. The second kappa shape index (κ2) is 9.50. The van der Waals surface area contributed by atoms with Crippen LogP contribution in [0.25, 0.3) is 10.8 Å². The monoisotopic (exact) mass is 518 g/mol. The Hall–Kier alpha value is -3.79. The first-order valence-corrected chi connectivity index (χ1v) is 12.9. The minimum Gasteiger partial charge on any atom is -0.474 e. The van der Waals surface area contributed by atoms with E-state index in [1.807, 2.05) is 33.8 Å². The summed E-state index contributed by atoms with van der Waals surface area (Å²) in [4.78, 5) is 40.0. The standard InChI is InChI=1S/C28H34N6O4/c1-14-15(2)37-27(36)18-7-8-22(33-24(14)18)32-23-11-19-20(12-30-23)25(31-13-21(19)28(3,4)29)38-17-9-16(10-17)26(35)34(5)6/h7-8,11-17H,9-10,29H2,1-6H3,(H,30,32,33)/t14-,15-,16?,17?/m0/s1. The molecule has 0 unspecified atom stereocenters. The number of amides is 1. The van der Waals surface area contributed by atoms with Crippen molar-refractivity contribution in [3.63, 3.8) is 0 Å². The Labute approximate surface area is 221 Å². The average Bonchev–Trinajstić information content (AvgIpc) is 2.83. The van der Waals surface area contributed by atoms with Crippen LogP contribution in [0.4, 0.5) is 11.6 Å². The maximum atomic E-state index is 12.3. The van der Waals surface area contributed by atoms with Crippen LogP contribution in [0.3, 0.4) is 0 Å². The highest BCUT2D eigenvalue weighted by atomic mass is 16.5. The molecule has 0 saturated heterocycles. The number of hydrogen-bond donors (Lipinski definition) is 2. The molecule has 1 aliphatic heterocycles. The molecule has 10 nitrogen and oxygen atoms in total. The molecule has 2 atom stereocenters. The number of anilines is 2. The Morgan fingerprint density at radius 1 is 1.13 bits per heavy atom. The van der Waals surface area contributed by atoms with Crippen molar-refractivity contribution in [2.75, 3.05) is 19.4 Å². The van der Waals surface area contributed by atoms with Gasteiger partial charge in [-0.25, -0.2) is 19.7 Å². The summed E-state index contributed by atoms with van der Waals surface area (Å²) in [5, 5.41) is 4.88. The van der Waals surface area contributed by atoms with E-state index in [2.05, 4.69) is 15.3 Å². The maximum absolute atomic E-state index is 12.3. The Bertz CT molecular complexity index is 1410. The summed E-state index contributed by atoms with van der Waals surface area (Å²) >= 11 is 0. The zero-order valence-corrected chi connectivity index (χ0v) is 22.6. The van der Waals surface area contributed by atoms with Crippen molar-refractivity contribution >= 4 is 34.3 Å². The smallest absolute Gasteiger partial charge is 0.340 e. The summed E-state index contributed by atoms with van der Waals surface area (Å²) in [6.45, 7) is 7.71. The topological polar surface area (TPSA) is 133 Å². The Balaban J connectivity index is 1.44. The van der Waals surface area contributed by atoms with Gasteiger partial charge in [-0.2, -0.15) is 0 Å². The number of fused-ring (bicyclic) bond motifs is 2. The summed E-state index contributed by atoms with van der Waals surface area (Å²) in [7, 11) is 3.54. The second-order valence-electron chi connectivity index (χ2n) is 11.1. The van der Waals surface area contributed by atoms with Gasteiger partial charge in [0, 0.05) is 43.9 Å². The normalized spacial score (nSPS) is 22.8. The van der Waals surface area contributed by atoms with Gasteiger partial charge >= 0.3 is 5.97 Å². The van der Waals surface area contributed by atoms with Crippen LogP contribution in [-0.2, 0) is 15.1 Å². The minimum atomic E-state index is -0.655. The first-order valence-electron chi connectivity index (χ1n) is 12.9. The van der Waals surface area contributed by atoms with Crippen molar-refractivity contribution < 1.29 is 19.1 Å². The number of esters is 1. The molecule has 0 radical (unpaired) electrons. The van der Waals surface area contributed by atoms with E-state index < -0.39 is 5.54 Å². The van der Waals surface area contributed by atoms with Crippen molar-refractivity contribution in [2.45, 2.75) is 64.2 Å². The molecule has 3 aromatic rings. The van der Waals surface area contributed by atoms with Gasteiger partial charge in [-0.1, -0.05) is 6.92 Å². The molecular weight excluding hydrogens is 484 g/mol. The zero-order chi connectivity index (χ0) is 27.4. The molecule has 2 aliphatic rings. The molecule has 1 fully saturated rings. The predicted octanol–water partition coefficient (Wildman–Crippen LogP) is 3.87. The predicted molar refractivity (Wildman–Crippen MR) is 143 cm³/mol. The number of pyridine rings is 3. The Morgan fingerprint density at radius 2 is 1.87 bits per heavy atom. The molecule has 0 spiro atoms. The van der Waals surface area contributed by atoms with Crippen molar-refractivity contribution in [2.24, 2.45) is 11.7 Å². The molecule has 5 rings (SSSR count). The first kappa shape index (κ1) is 25.8. The molecule has 10 heteroatoms. The van der Waals surface area contributed by atoms with E-state index >= 15 is 0 Å². The van der Waals surface area contributed by atoms with E-state index in [1.54, 1.807) is 43.5 Å². The van der Waals surface area contributed by atoms with Gasteiger partial charge in [0.1, 0.15) is 23.8 Å². The SMILES string of the molecule is C[C@@H]1OC(=O)c2ccc(Nc3cc4c(C(C)(C)N)cnc(OC5CC(C(=O)N(C)C)C5)c4cn3)nc2[C@H]1C. The Morgan fingerprint density at radius 3 is 2.55 bits per heavy atom. The molecule has 3 N–H and O–H groups in total. The number of hydrogen-bond acceptors (Lipinski definition) is 9.